The summed E-state index contributed by atoms with van der Waals surface area (Å²) in [6.45, 7) is 0.495. The third-order valence-electron chi connectivity index (χ3n) is 5.34. The molecule has 2 bridgehead atoms. The zero-order valence-electron chi connectivity index (χ0n) is 13.6. The molecule has 1 saturated heterocycles. The lowest BCUT2D eigenvalue weighted by atomic mass is 10.1. The Kier molecular flexibility index (Phi) is 3.07. The van der Waals surface area contributed by atoms with E-state index in [2.05, 4.69) is 0 Å². The van der Waals surface area contributed by atoms with Gasteiger partial charge in [-0.15, -0.1) is 0 Å². The lowest BCUT2D eigenvalue weighted by molar-refractivity contribution is 0.0633. The van der Waals surface area contributed by atoms with Crippen LogP contribution >= 0.6 is 0 Å². The molecule has 126 valence electrons. The van der Waals surface area contributed by atoms with Crippen molar-refractivity contribution in [3.8, 4) is 0 Å². The van der Waals surface area contributed by atoms with Crippen LogP contribution in [0.5, 0.6) is 0 Å². The molecule has 5 rings (SSSR count). The van der Waals surface area contributed by atoms with Crippen molar-refractivity contribution in [3.05, 3.63) is 64.6 Å². The molecule has 0 aliphatic carbocycles. The molecule has 0 spiro atoms. The number of amides is 1. The van der Waals surface area contributed by atoms with E-state index >= 15 is 0 Å². The van der Waals surface area contributed by atoms with Crippen molar-refractivity contribution in [1.82, 2.24) is 14.5 Å². The van der Waals surface area contributed by atoms with E-state index in [4.69, 9.17) is 9.40 Å². The predicted molar refractivity (Wildman–Crippen MR) is 91.4 cm³/mol. The average molecular weight is 335 g/mol. The number of hydrogen-bond donors (Lipinski definition) is 0. The molecule has 0 radical (unpaired) electrons. The minimum Gasteiger partial charge on any atom is -0.459 e. The van der Waals surface area contributed by atoms with E-state index in [0.717, 1.165) is 24.2 Å². The highest BCUT2D eigenvalue weighted by atomic mass is 16.3. The van der Waals surface area contributed by atoms with Crippen LogP contribution in [0.2, 0.25) is 0 Å². The first-order valence-electron chi connectivity index (χ1n) is 8.57. The van der Waals surface area contributed by atoms with Gasteiger partial charge in [-0.25, -0.2) is 4.98 Å². The Morgan fingerprint density at radius 2 is 1.96 bits per heavy atom. The average Bonchev–Trinajstić information content (AvgIpc) is 3.24. The molecule has 2 atom stereocenters. The fraction of sp³-hybridized carbons (Fsp3) is 0.316. The summed E-state index contributed by atoms with van der Waals surface area (Å²) in [7, 11) is 0. The maximum absolute atomic E-state index is 12.9. The molecule has 2 aliphatic rings. The summed E-state index contributed by atoms with van der Waals surface area (Å²) >= 11 is 0. The molecular formula is C19H17N3O3. The molecule has 0 N–H and O–H groups in total. The van der Waals surface area contributed by atoms with Crippen LogP contribution in [0, 0.1) is 0 Å². The molecule has 25 heavy (non-hydrogen) atoms. The summed E-state index contributed by atoms with van der Waals surface area (Å²) in [5.41, 5.74) is 0.707. The third-order valence-corrected chi connectivity index (χ3v) is 5.34. The van der Waals surface area contributed by atoms with Gasteiger partial charge in [-0.1, -0.05) is 12.1 Å². The maximum Gasteiger partial charge on any atom is 0.290 e. The summed E-state index contributed by atoms with van der Waals surface area (Å²) in [5, 5.41) is 0.632. The van der Waals surface area contributed by atoms with Gasteiger partial charge in [0, 0.05) is 19.0 Å². The van der Waals surface area contributed by atoms with E-state index in [1.807, 2.05) is 29.2 Å². The number of nitrogens with zero attached hydrogens (tertiary/aromatic N) is 3. The van der Waals surface area contributed by atoms with Gasteiger partial charge in [0.25, 0.3) is 11.5 Å². The molecule has 1 aromatic carbocycles. The molecule has 6 heteroatoms. The van der Waals surface area contributed by atoms with E-state index in [0.29, 0.717) is 24.1 Å². The standard InChI is InChI=1S/C19H17N3O3/c23-18-14-4-1-2-5-15(14)20-17-10-12-7-8-13(11-21(17)18)22(12)19(24)16-6-3-9-25-16/h1-6,9,12-13H,7-8,10-11H2. The fourth-order valence-electron chi connectivity index (χ4n) is 4.18. The van der Waals surface area contributed by atoms with Crippen molar-refractivity contribution >= 4 is 16.8 Å². The summed E-state index contributed by atoms with van der Waals surface area (Å²) in [5.74, 6) is 1.03. The topological polar surface area (TPSA) is 68.3 Å². The minimum absolute atomic E-state index is 0.00418. The summed E-state index contributed by atoms with van der Waals surface area (Å²) < 4.78 is 7.06. The number of carbonyl (C=O) groups excluding carboxylic acids is 1. The Bertz CT molecular complexity index is 1020. The van der Waals surface area contributed by atoms with Crippen molar-refractivity contribution in [1.29, 1.82) is 0 Å². The van der Waals surface area contributed by atoms with E-state index in [1.165, 1.54) is 6.26 Å². The highest BCUT2D eigenvalue weighted by Gasteiger charge is 2.41. The highest BCUT2D eigenvalue weighted by molar-refractivity contribution is 5.92. The Labute approximate surface area is 143 Å². The normalized spacial score (nSPS) is 22.0. The quantitative estimate of drug-likeness (QED) is 0.684. The van der Waals surface area contributed by atoms with Gasteiger partial charge in [-0.3, -0.25) is 14.2 Å². The Balaban J connectivity index is 1.61. The van der Waals surface area contributed by atoms with Gasteiger partial charge >= 0.3 is 0 Å². The molecule has 2 aromatic heterocycles. The maximum atomic E-state index is 12.9. The number of para-hydroxylation sites is 1. The highest BCUT2D eigenvalue weighted by Crippen LogP contribution is 2.32. The van der Waals surface area contributed by atoms with Crippen molar-refractivity contribution in [2.24, 2.45) is 0 Å². The molecule has 1 amide bonds. The third kappa shape index (κ3) is 2.13. The van der Waals surface area contributed by atoms with Crippen molar-refractivity contribution < 1.29 is 9.21 Å². The minimum atomic E-state index is -0.0945. The Hall–Kier alpha value is -2.89. The molecule has 1 fully saturated rings. The van der Waals surface area contributed by atoms with Crippen molar-refractivity contribution in [2.45, 2.75) is 37.9 Å². The van der Waals surface area contributed by atoms with Gasteiger partial charge in [0.1, 0.15) is 5.82 Å². The second kappa shape index (κ2) is 5.31. The van der Waals surface area contributed by atoms with Crippen LogP contribution in [-0.4, -0.2) is 32.4 Å². The van der Waals surface area contributed by atoms with E-state index in [-0.39, 0.29) is 23.6 Å². The Morgan fingerprint density at radius 3 is 2.80 bits per heavy atom. The Morgan fingerprint density at radius 1 is 1.12 bits per heavy atom. The largest absolute Gasteiger partial charge is 0.459 e. The number of carbonyl (C=O) groups is 1. The van der Waals surface area contributed by atoms with Gasteiger partial charge in [0.2, 0.25) is 0 Å². The first-order chi connectivity index (χ1) is 12.2. The second-order valence-corrected chi connectivity index (χ2v) is 6.74. The zero-order valence-corrected chi connectivity index (χ0v) is 13.6. The van der Waals surface area contributed by atoms with Crippen LogP contribution in [0.3, 0.4) is 0 Å². The number of furan rings is 1. The van der Waals surface area contributed by atoms with Gasteiger partial charge < -0.3 is 9.32 Å². The van der Waals surface area contributed by atoms with Gasteiger partial charge in [0.15, 0.2) is 5.76 Å². The van der Waals surface area contributed by atoms with E-state index in [9.17, 15) is 9.59 Å². The first kappa shape index (κ1) is 14.5. The van der Waals surface area contributed by atoms with Crippen LogP contribution < -0.4 is 5.56 Å². The monoisotopic (exact) mass is 335 g/mol. The van der Waals surface area contributed by atoms with E-state index < -0.39 is 0 Å². The second-order valence-electron chi connectivity index (χ2n) is 6.74. The predicted octanol–water partition coefficient (Wildman–Crippen LogP) is 2.22. The van der Waals surface area contributed by atoms with Gasteiger partial charge in [-0.2, -0.15) is 0 Å². The lowest BCUT2D eigenvalue weighted by Gasteiger charge is -2.26. The van der Waals surface area contributed by atoms with Crippen molar-refractivity contribution in [3.63, 3.8) is 0 Å². The number of fused-ring (bicyclic) bond motifs is 4. The molecule has 2 aliphatic heterocycles. The van der Waals surface area contributed by atoms with Crippen LogP contribution in [0.25, 0.3) is 10.9 Å². The van der Waals surface area contributed by atoms with Gasteiger partial charge in [0.05, 0.1) is 23.2 Å². The summed E-state index contributed by atoms with van der Waals surface area (Å²) in [6, 6.07) is 10.9. The number of rotatable bonds is 1. The van der Waals surface area contributed by atoms with Crippen LogP contribution in [0.1, 0.15) is 29.2 Å². The van der Waals surface area contributed by atoms with Crippen LogP contribution in [-0.2, 0) is 13.0 Å². The molecule has 0 saturated carbocycles. The molecule has 6 nitrogen and oxygen atoms in total. The molecular weight excluding hydrogens is 318 g/mol. The number of benzene rings is 1. The molecule has 2 unspecified atom stereocenters. The summed E-state index contributed by atoms with van der Waals surface area (Å²) in [6.07, 6.45) is 3.94. The molecule has 3 aromatic rings. The van der Waals surface area contributed by atoms with Crippen molar-refractivity contribution in [2.75, 3.05) is 0 Å². The van der Waals surface area contributed by atoms with Crippen LogP contribution in [0.15, 0.2) is 51.9 Å². The van der Waals surface area contributed by atoms with E-state index in [1.54, 1.807) is 16.7 Å². The SMILES string of the molecule is O=C(c1ccco1)N1C2CCC1Cn1c(nc3ccccc3c1=O)C2. The fourth-order valence-corrected chi connectivity index (χ4v) is 4.18. The van der Waals surface area contributed by atoms with Gasteiger partial charge in [-0.05, 0) is 37.1 Å². The number of aromatic nitrogens is 2. The molecule has 4 heterocycles. The first-order valence-corrected chi connectivity index (χ1v) is 8.57. The smallest absolute Gasteiger partial charge is 0.290 e. The zero-order chi connectivity index (χ0) is 17.0. The van der Waals surface area contributed by atoms with Crippen LogP contribution in [0.4, 0.5) is 0 Å². The lowest BCUT2D eigenvalue weighted by Crippen LogP contribution is -2.42. The number of hydrogen-bond acceptors (Lipinski definition) is 4. The summed E-state index contributed by atoms with van der Waals surface area (Å²) in [4.78, 5) is 32.4.